The van der Waals surface area contributed by atoms with Gasteiger partial charge in [-0.15, -0.1) is 12.4 Å². The third kappa shape index (κ3) is 2.98. The fourth-order valence-corrected chi connectivity index (χ4v) is 2.09. The van der Waals surface area contributed by atoms with Crippen LogP contribution in [0, 0.1) is 6.92 Å². The van der Waals surface area contributed by atoms with Gasteiger partial charge in [-0.3, -0.25) is 9.48 Å². The van der Waals surface area contributed by atoms with Crippen molar-refractivity contribution in [1.29, 1.82) is 0 Å². The topological polar surface area (TPSA) is 50.2 Å². The number of aryl methyl sites for hydroxylation is 2. The molecule has 1 aliphatic heterocycles. The van der Waals surface area contributed by atoms with Gasteiger partial charge in [-0.1, -0.05) is 0 Å². The molecule has 0 radical (unpaired) electrons. The van der Waals surface area contributed by atoms with Gasteiger partial charge in [0.1, 0.15) is 5.69 Å². The van der Waals surface area contributed by atoms with E-state index in [0.29, 0.717) is 11.7 Å². The van der Waals surface area contributed by atoms with E-state index in [4.69, 9.17) is 0 Å². The zero-order chi connectivity index (χ0) is 11.7. The fraction of sp³-hybridized carbons (Fsp3) is 0.636. The Labute approximate surface area is 108 Å². The molecule has 1 fully saturated rings. The molecule has 0 aromatic carbocycles. The predicted molar refractivity (Wildman–Crippen MR) is 68.6 cm³/mol. The maximum Gasteiger partial charge on any atom is 0.272 e. The molecule has 96 valence electrons. The number of piperazine rings is 1. The van der Waals surface area contributed by atoms with E-state index in [1.165, 1.54) is 0 Å². The van der Waals surface area contributed by atoms with Gasteiger partial charge < -0.3 is 10.2 Å². The highest BCUT2D eigenvalue weighted by molar-refractivity contribution is 5.92. The molecule has 1 amide bonds. The number of amides is 1. The van der Waals surface area contributed by atoms with Crippen LogP contribution in [0.25, 0.3) is 0 Å². The number of nitrogens with one attached hydrogen (secondary N) is 1. The summed E-state index contributed by atoms with van der Waals surface area (Å²) in [6.07, 6.45) is 0. The summed E-state index contributed by atoms with van der Waals surface area (Å²) in [4.78, 5) is 14.1. The van der Waals surface area contributed by atoms with E-state index in [-0.39, 0.29) is 18.3 Å². The first kappa shape index (κ1) is 14.0. The normalized spacial score (nSPS) is 19.9. The summed E-state index contributed by atoms with van der Waals surface area (Å²) in [6.45, 7) is 6.39. The second-order valence-electron chi connectivity index (χ2n) is 4.40. The summed E-state index contributed by atoms with van der Waals surface area (Å²) in [7, 11) is 1.81. The summed E-state index contributed by atoms with van der Waals surface area (Å²) in [5, 5.41) is 7.52. The van der Waals surface area contributed by atoms with Gasteiger partial charge in [-0.25, -0.2) is 0 Å². The van der Waals surface area contributed by atoms with Crippen molar-refractivity contribution in [2.24, 2.45) is 7.05 Å². The van der Waals surface area contributed by atoms with Gasteiger partial charge in [0.15, 0.2) is 0 Å². The van der Waals surface area contributed by atoms with Gasteiger partial charge in [-0.05, 0) is 19.9 Å². The number of nitrogens with zero attached hydrogens (tertiary/aromatic N) is 3. The van der Waals surface area contributed by atoms with Crippen molar-refractivity contribution < 1.29 is 4.79 Å². The first-order valence-electron chi connectivity index (χ1n) is 5.61. The molecule has 1 aromatic heterocycles. The summed E-state index contributed by atoms with van der Waals surface area (Å²) < 4.78 is 1.66. The Balaban J connectivity index is 0.00000144. The van der Waals surface area contributed by atoms with Gasteiger partial charge in [0.2, 0.25) is 0 Å². The maximum absolute atomic E-state index is 12.2. The summed E-state index contributed by atoms with van der Waals surface area (Å²) in [6, 6.07) is 2.21. The Morgan fingerprint density at radius 1 is 1.59 bits per heavy atom. The smallest absolute Gasteiger partial charge is 0.272 e. The van der Waals surface area contributed by atoms with E-state index >= 15 is 0 Å². The van der Waals surface area contributed by atoms with Crippen LogP contribution >= 0.6 is 12.4 Å². The van der Waals surface area contributed by atoms with E-state index in [1.54, 1.807) is 4.68 Å². The Morgan fingerprint density at radius 3 is 2.82 bits per heavy atom. The van der Waals surface area contributed by atoms with Gasteiger partial charge in [0.05, 0.1) is 5.69 Å². The first-order chi connectivity index (χ1) is 7.58. The predicted octanol–water partition coefficient (Wildman–Crippen LogP) is 0.584. The summed E-state index contributed by atoms with van der Waals surface area (Å²) in [5.41, 5.74) is 1.56. The minimum Gasteiger partial charge on any atom is -0.334 e. The molecule has 1 unspecified atom stereocenters. The monoisotopic (exact) mass is 258 g/mol. The number of hydrogen-bond donors (Lipinski definition) is 1. The number of halogens is 1. The lowest BCUT2D eigenvalue weighted by Gasteiger charge is -2.31. The highest BCUT2D eigenvalue weighted by Crippen LogP contribution is 2.08. The van der Waals surface area contributed by atoms with E-state index in [1.807, 2.05) is 24.9 Å². The molecule has 2 rings (SSSR count). The molecule has 1 aliphatic rings. The Morgan fingerprint density at radius 2 is 2.29 bits per heavy atom. The molecule has 2 heterocycles. The molecule has 17 heavy (non-hydrogen) atoms. The molecule has 1 N–H and O–H groups in total. The highest BCUT2D eigenvalue weighted by Gasteiger charge is 2.23. The lowest BCUT2D eigenvalue weighted by molar-refractivity contribution is 0.0698. The van der Waals surface area contributed by atoms with E-state index in [9.17, 15) is 4.79 Å². The lowest BCUT2D eigenvalue weighted by atomic mass is 10.2. The summed E-state index contributed by atoms with van der Waals surface area (Å²) in [5.74, 6) is 0.0800. The van der Waals surface area contributed by atoms with Crippen LogP contribution in [0.2, 0.25) is 0 Å². The number of rotatable bonds is 1. The van der Waals surface area contributed by atoms with Crippen molar-refractivity contribution in [3.8, 4) is 0 Å². The molecule has 0 spiro atoms. The van der Waals surface area contributed by atoms with Gasteiger partial charge in [-0.2, -0.15) is 5.10 Å². The number of hydrogen-bond acceptors (Lipinski definition) is 3. The molecule has 6 heteroatoms. The van der Waals surface area contributed by atoms with Crippen molar-refractivity contribution >= 4 is 18.3 Å². The lowest BCUT2D eigenvalue weighted by Crippen LogP contribution is -2.51. The van der Waals surface area contributed by atoms with Crippen molar-refractivity contribution in [2.75, 3.05) is 19.6 Å². The number of carbonyl (C=O) groups excluding carboxylic acids is 1. The third-order valence-electron chi connectivity index (χ3n) is 2.88. The van der Waals surface area contributed by atoms with Crippen LogP contribution in [0.4, 0.5) is 0 Å². The van der Waals surface area contributed by atoms with Crippen LogP contribution in [-0.2, 0) is 7.05 Å². The second kappa shape index (κ2) is 5.51. The maximum atomic E-state index is 12.2. The standard InChI is InChI=1S/C11H18N4O.ClH/c1-8-6-10(14(3)13-8)11(16)15-5-4-12-9(2)7-15;/h6,9,12H,4-5,7H2,1-3H3;1H. The quantitative estimate of drug-likeness (QED) is 0.802. The first-order valence-corrected chi connectivity index (χ1v) is 5.61. The van der Waals surface area contributed by atoms with Crippen LogP contribution in [0.1, 0.15) is 23.1 Å². The SMILES string of the molecule is Cc1cc(C(=O)N2CCNC(C)C2)n(C)n1.Cl. The van der Waals surface area contributed by atoms with E-state index in [0.717, 1.165) is 25.3 Å². The summed E-state index contributed by atoms with van der Waals surface area (Å²) >= 11 is 0. The zero-order valence-corrected chi connectivity index (χ0v) is 11.3. The highest BCUT2D eigenvalue weighted by atomic mass is 35.5. The van der Waals surface area contributed by atoms with Crippen molar-refractivity contribution in [2.45, 2.75) is 19.9 Å². The molecule has 0 aliphatic carbocycles. The van der Waals surface area contributed by atoms with Gasteiger partial charge in [0, 0.05) is 32.7 Å². The van der Waals surface area contributed by atoms with Crippen LogP contribution < -0.4 is 5.32 Å². The third-order valence-corrected chi connectivity index (χ3v) is 2.88. The zero-order valence-electron chi connectivity index (χ0n) is 10.4. The van der Waals surface area contributed by atoms with Gasteiger partial charge >= 0.3 is 0 Å². The average molecular weight is 259 g/mol. The number of carbonyl (C=O) groups is 1. The van der Waals surface area contributed by atoms with Crippen molar-refractivity contribution in [1.82, 2.24) is 20.0 Å². The molecule has 1 saturated heterocycles. The molecule has 5 nitrogen and oxygen atoms in total. The van der Waals surface area contributed by atoms with Crippen molar-refractivity contribution in [3.05, 3.63) is 17.5 Å². The Kier molecular flexibility index (Phi) is 4.54. The van der Waals surface area contributed by atoms with E-state index < -0.39 is 0 Å². The van der Waals surface area contributed by atoms with Crippen molar-refractivity contribution in [3.63, 3.8) is 0 Å². The van der Waals surface area contributed by atoms with Crippen LogP contribution in [0.3, 0.4) is 0 Å². The molecular formula is C11H19ClN4O. The second-order valence-corrected chi connectivity index (χ2v) is 4.40. The van der Waals surface area contributed by atoms with Gasteiger partial charge in [0.25, 0.3) is 5.91 Å². The largest absolute Gasteiger partial charge is 0.334 e. The molecule has 0 saturated carbocycles. The van der Waals surface area contributed by atoms with Crippen LogP contribution in [0.5, 0.6) is 0 Å². The molecular weight excluding hydrogens is 240 g/mol. The Bertz CT molecular complexity index is 404. The van der Waals surface area contributed by atoms with Crippen LogP contribution in [0.15, 0.2) is 6.07 Å². The number of aromatic nitrogens is 2. The molecule has 1 atom stereocenters. The van der Waals surface area contributed by atoms with E-state index in [2.05, 4.69) is 17.3 Å². The Hall–Kier alpha value is -1.07. The minimum absolute atomic E-state index is 0. The van der Waals surface area contributed by atoms with Crippen LogP contribution in [-0.4, -0.2) is 46.3 Å². The molecule has 0 bridgehead atoms. The fourth-order valence-electron chi connectivity index (χ4n) is 2.09. The average Bonchev–Trinajstić information content (AvgIpc) is 2.57. The minimum atomic E-state index is 0. The molecule has 1 aromatic rings.